The normalized spacial score (nSPS) is 11.6. The molecule has 1 amide bonds. The molecule has 1 aromatic carbocycles. The number of carbonyl (C=O) groups is 1. The van der Waals surface area contributed by atoms with Crippen LogP contribution < -0.4 is 5.43 Å². The fourth-order valence-electron chi connectivity index (χ4n) is 1.78. The van der Waals surface area contributed by atoms with Gasteiger partial charge in [-0.2, -0.15) is 5.10 Å². The topological polar surface area (TPSA) is 63.6 Å². The molecule has 0 aliphatic carbocycles. The minimum atomic E-state index is -0.990. The van der Waals surface area contributed by atoms with Gasteiger partial charge in [0.1, 0.15) is 5.01 Å². The Morgan fingerprint density at radius 3 is 2.78 bits per heavy atom. The predicted molar refractivity (Wildman–Crippen MR) is 83.5 cm³/mol. The molecule has 2 aromatic rings. The van der Waals surface area contributed by atoms with Crippen LogP contribution in [0, 0.1) is 18.6 Å². The molecule has 1 aromatic heterocycles. The Hall–Kier alpha value is -2.19. The number of methoxy groups -OCH3 is 1. The number of hydrogen-bond acceptors (Lipinski definition) is 5. The molecule has 0 unspecified atom stereocenters. The van der Waals surface area contributed by atoms with Crippen molar-refractivity contribution in [2.75, 3.05) is 13.7 Å². The third-order valence-electron chi connectivity index (χ3n) is 2.83. The van der Waals surface area contributed by atoms with E-state index in [2.05, 4.69) is 15.5 Å². The molecular formula is C15H15F2N3O2S. The Kier molecular flexibility index (Phi) is 5.89. The van der Waals surface area contributed by atoms with E-state index in [4.69, 9.17) is 4.74 Å². The van der Waals surface area contributed by atoms with Crippen molar-refractivity contribution in [1.29, 1.82) is 0 Å². The van der Waals surface area contributed by atoms with Crippen LogP contribution in [0.5, 0.6) is 0 Å². The van der Waals surface area contributed by atoms with E-state index in [0.29, 0.717) is 10.6 Å². The fraction of sp³-hybridized carbons (Fsp3) is 0.267. The van der Waals surface area contributed by atoms with Crippen molar-refractivity contribution in [3.05, 3.63) is 51.5 Å². The summed E-state index contributed by atoms with van der Waals surface area (Å²) in [5.74, 6) is -2.29. The third-order valence-corrected chi connectivity index (χ3v) is 3.79. The van der Waals surface area contributed by atoms with E-state index in [-0.39, 0.29) is 24.6 Å². The molecule has 0 saturated carbocycles. The van der Waals surface area contributed by atoms with Gasteiger partial charge in [0, 0.05) is 23.7 Å². The molecule has 0 aliphatic heterocycles. The lowest BCUT2D eigenvalue weighted by molar-refractivity contribution is -0.120. The van der Waals surface area contributed by atoms with Crippen LogP contribution in [-0.4, -0.2) is 30.3 Å². The second-order valence-corrected chi connectivity index (χ2v) is 5.66. The number of halogens is 2. The summed E-state index contributed by atoms with van der Waals surface area (Å²) in [6.07, 6.45) is 0.0973. The Morgan fingerprint density at radius 2 is 2.17 bits per heavy atom. The van der Waals surface area contributed by atoms with Crippen LogP contribution in [0.4, 0.5) is 8.78 Å². The third kappa shape index (κ3) is 4.90. The summed E-state index contributed by atoms with van der Waals surface area (Å²) in [5, 5.41) is 6.47. The number of aryl methyl sites for hydroxylation is 1. The average Bonchev–Trinajstić information content (AvgIpc) is 2.91. The first-order valence-corrected chi connectivity index (χ1v) is 7.58. The molecular weight excluding hydrogens is 324 g/mol. The number of amides is 1. The number of benzene rings is 1. The number of rotatable bonds is 6. The molecule has 0 saturated heterocycles. The van der Waals surface area contributed by atoms with Gasteiger partial charge in [-0.3, -0.25) is 4.79 Å². The van der Waals surface area contributed by atoms with E-state index in [9.17, 15) is 13.6 Å². The highest BCUT2D eigenvalue weighted by Crippen LogP contribution is 2.11. The van der Waals surface area contributed by atoms with E-state index in [1.165, 1.54) is 24.5 Å². The summed E-state index contributed by atoms with van der Waals surface area (Å²) in [6, 6.07) is 3.37. The standard InChI is InChI=1S/C15H15F2N3O2S/c1-9-8-23-15(18-9)6-14(21)20-19-13(7-22-2)10-3-4-11(16)12(17)5-10/h3-5,8H,6-7H2,1-2H3,(H,20,21). The lowest BCUT2D eigenvalue weighted by atomic mass is 10.1. The number of thiazole rings is 1. The zero-order valence-corrected chi connectivity index (χ0v) is 13.4. The van der Waals surface area contributed by atoms with Gasteiger partial charge in [-0.15, -0.1) is 11.3 Å². The van der Waals surface area contributed by atoms with E-state index in [1.807, 2.05) is 12.3 Å². The van der Waals surface area contributed by atoms with Crippen molar-refractivity contribution >= 4 is 23.0 Å². The summed E-state index contributed by atoms with van der Waals surface area (Å²) in [4.78, 5) is 16.0. The molecule has 0 aliphatic rings. The molecule has 0 atom stereocenters. The molecule has 122 valence electrons. The van der Waals surface area contributed by atoms with Crippen molar-refractivity contribution < 1.29 is 18.3 Å². The number of nitrogens with one attached hydrogen (secondary N) is 1. The number of hydrazone groups is 1. The van der Waals surface area contributed by atoms with Crippen molar-refractivity contribution in [3.8, 4) is 0 Å². The summed E-state index contributed by atoms with van der Waals surface area (Å²) in [7, 11) is 1.44. The van der Waals surface area contributed by atoms with E-state index in [1.54, 1.807) is 0 Å². The van der Waals surface area contributed by atoms with E-state index >= 15 is 0 Å². The van der Waals surface area contributed by atoms with Crippen molar-refractivity contribution in [1.82, 2.24) is 10.4 Å². The second kappa shape index (κ2) is 7.89. The van der Waals surface area contributed by atoms with Crippen LogP contribution in [0.25, 0.3) is 0 Å². The van der Waals surface area contributed by atoms with Gasteiger partial charge in [0.25, 0.3) is 0 Å². The van der Waals surface area contributed by atoms with Gasteiger partial charge in [-0.1, -0.05) is 0 Å². The average molecular weight is 339 g/mol. The minimum absolute atomic E-state index is 0.0434. The maximum absolute atomic E-state index is 13.3. The molecule has 0 spiro atoms. The van der Waals surface area contributed by atoms with Gasteiger partial charge in [-0.05, 0) is 25.1 Å². The second-order valence-electron chi connectivity index (χ2n) is 4.71. The summed E-state index contributed by atoms with van der Waals surface area (Å²) in [5.41, 5.74) is 3.84. The van der Waals surface area contributed by atoms with Crippen LogP contribution in [-0.2, 0) is 16.0 Å². The van der Waals surface area contributed by atoms with Crippen LogP contribution >= 0.6 is 11.3 Å². The Morgan fingerprint density at radius 1 is 1.39 bits per heavy atom. The van der Waals surface area contributed by atoms with Gasteiger partial charge in [0.15, 0.2) is 11.6 Å². The molecule has 2 rings (SSSR count). The fourth-order valence-corrected chi connectivity index (χ4v) is 2.55. The molecule has 5 nitrogen and oxygen atoms in total. The smallest absolute Gasteiger partial charge is 0.246 e. The van der Waals surface area contributed by atoms with Gasteiger partial charge < -0.3 is 4.74 Å². The number of aromatic nitrogens is 1. The Balaban J connectivity index is 2.08. The summed E-state index contributed by atoms with van der Waals surface area (Å²) >= 11 is 1.39. The highest BCUT2D eigenvalue weighted by Gasteiger charge is 2.10. The van der Waals surface area contributed by atoms with Gasteiger partial charge in [-0.25, -0.2) is 19.2 Å². The van der Waals surface area contributed by atoms with E-state index in [0.717, 1.165) is 17.8 Å². The maximum atomic E-state index is 13.3. The highest BCUT2D eigenvalue weighted by molar-refractivity contribution is 7.09. The van der Waals surface area contributed by atoms with Crippen molar-refractivity contribution in [2.24, 2.45) is 5.10 Å². The SMILES string of the molecule is COCC(=NNC(=O)Cc1nc(C)cs1)c1ccc(F)c(F)c1. The minimum Gasteiger partial charge on any atom is -0.378 e. The van der Waals surface area contributed by atoms with Crippen LogP contribution in [0.1, 0.15) is 16.3 Å². The monoisotopic (exact) mass is 339 g/mol. The van der Waals surface area contributed by atoms with Crippen LogP contribution in [0.2, 0.25) is 0 Å². The summed E-state index contributed by atoms with van der Waals surface area (Å²) in [6.45, 7) is 1.89. The largest absolute Gasteiger partial charge is 0.378 e. The van der Waals surface area contributed by atoms with Gasteiger partial charge in [0.2, 0.25) is 5.91 Å². The maximum Gasteiger partial charge on any atom is 0.246 e. The lowest BCUT2D eigenvalue weighted by Crippen LogP contribution is -2.23. The zero-order valence-electron chi connectivity index (χ0n) is 12.6. The molecule has 0 bridgehead atoms. The first-order chi connectivity index (χ1) is 11.0. The molecule has 1 heterocycles. The predicted octanol–water partition coefficient (Wildman–Crippen LogP) is 2.44. The molecule has 1 N–H and O–H groups in total. The number of hydrogen-bond donors (Lipinski definition) is 1. The number of ether oxygens (including phenoxy) is 1. The zero-order chi connectivity index (χ0) is 16.8. The highest BCUT2D eigenvalue weighted by atomic mass is 32.1. The number of carbonyl (C=O) groups excluding carboxylic acids is 1. The van der Waals surface area contributed by atoms with Gasteiger partial charge >= 0.3 is 0 Å². The first-order valence-electron chi connectivity index (χ1n) is 6.70. The Bertz CT molecular complexity index is 731. The van der Waals surface area contributed by atoms with Crippen molar-refractivity contribution in [3.63, 3.8) is 0 Å². The molecule has 0 radical (unpaired) electrons. The van der Waals surface area contributed by atoms with Crippen LogP contribution in [0.15, 0.2) is 28.7 Å². The molecule has 0 fully saturated rings. The first kappa shape index (κ1) is 17.2. The lowest BCUT2D eigenvalue weighted by Gasteiger charge is -2.07. The van der Waals surface area contributed by atoms with E-state index < -0.39 is 11.6 Å². The summed E-state index contributed by atoms with van der Waals surface area (Å²) < 4.78 is 31.3. The van der Waals surface area contributed by atoms with Crippen molar-refractivity contribution in [2.45, 2.75) is 13.3 Å². The Labute approximate surface area is 136 Å². The molecule has 23 heavy (non-hydrogen) atoms. The molecule has 8 heteroatoms. The number of nitrogens with zero attached hydrogens (tertiary/aromatic N) is 2. The quantitative estimate of drug-likeness (QED) is 0.649. The van der Waals surface area contributed by atoms with Gasteiger partial charge in [0.05, 0.1) is 18.7 Å². The van der Waals surface area contributed by atoms with Crippen LogP contribution in [0.3, 0.4) is 0 Å².